The normalized spacial score (nSPS) is 15.6. The predicted octanol–water partition coefficient (Wildman–Crippen LogP) is 2.56. The molecule has 2 atom stereocenters. The molecule has 0 heterocycles. The SMILES string of the molecule is CCC(C)NC(CC)(C(=O)OC)c1ccc(O)cc1. The summed E-state index contributed by atoms with van der Waals surface area (Å²) in [5.74, 6) is -0.122. The van der Waals surface area contributed by atoms with Crippen LogP contribution in [-0.4, -0.2) is 24.2 Å². The summed E-state index contributed by atoms with van der Waals surface area (Å²) in [7, 11) is 1.39. The molecule has 2 unspecified atom stereocenters. The van der Waals surface area contributed by atoms with Crippen LogP contribution in [0.15, 0.2) is 24.3 Å². The molecule has 0 fully saturated rings. The van der Waals surface area contributed by atoms with Crippen molar-refractivity contribution < 1.29 is 14.6 Å². The number of carbonyl (C=O) groups excluding carboxylic acids is 1. The average Bonchev–Trinajstić information content (AvgIpc) is 2.44. The molecule has 0 spiro atoms. The third-order valence-corrected chi connectivity index (χ3v) is 3.53. The standard InChI is InChI=1S/C15H23NO3/c1-5-11(3)16-15(6-2,14(18)19-4)12-7-9-13(17)10-8-12/h7-11,16-17H,5-6H2,1-4H3. The fourth-order valence-electron chi connectivity index (χ4n) is 2.15. The topological polar surface area (TPSA) is 58.6 Å². The van der Waals surface area contributed by atoms with E-state index >= 15 is 0 Å². The Morgan fingerprint density at radius 1 is 1.37 bits per heavy atom. The van der Waals surface area contributed by atoms with Crippen molar-refractivity contribution in [3.63, 3.8) is 0 Å². The molecule has 1 aromatic carbocycles. The van der Waals surface area contributed by atoms with E-state index in [1.54, 1.807) is 24.3 Å². The number of hydrogen-bond acceptors (Lipinski definition) is 4. The van der Waals surface area contributed by atoms with Crippen molar-refractivity contribution in [2.45, 2.75) is 45.2 Å². The number of methoxy groups -OCH3 is 1. The molecule has 106 valence electrons. The van der Waals surface area contributed by atoms with Gasteiger partial charge in [0.15, 0.2) is 0 Å². The van der Waals surface area contributed by atoms with Crippen molar-refractivity contribution in [1.82, 2.24) is 5.32 Å². The Bertz CT molecular complexity index is 416. The van der Waals surface area contributed by atoms with E-state index in [0.717, 1.165) is 12.0 Å². The zero-order chi connectivity index (χ0) is 14.5. The number of benzene rings is 1. The van der Waals surface area contributed by atoms with Gasteiger partial charge in [0.1, 0.15) is 11.3 Å². The Kier molecular flexibility index (Phi) is 5.36. The summed E-state index contributed by atoms with van der Waals surface area (Å²) in [6.45, 7) is 6.04. The van der Waals surface area contributed by atoms with Crippen LogP contribution < -0.4 is 5.32 Å². The van der Waals surface area contributed by atoms with Gasteiger partial charge in [-0.25, -0.2) is 4.79 Å². The summed E-state index contributed by atoms with van der Waals surface area (Å²) in [4.78, 5) is 12.3. The molecule has 4 nitrogen and oxygen atoms in total. The number of phenols is 1. The van der Waals surface area contributed by atoms with Crippen LogP contribution in [0.5, 0.6) is 5.75 Å². The molecule has 0 radical (unpaired) electrons. The largest absolute Gasteiger partial charge is 0.508 e. The van der Waals surface area contributed by atoms with Gasteiger partial charge < -0.3 is 9.84 Å². The summed E-state index contributed by atoms with van der Waals surface area (Å²) in [6, 6.07) is 6.87. The number of rotatable bonds is 6. The Morgan fingerprint density at radius 2 is 1.95 bits per heavy atom. The maximum atomic E-state index is 12.3. The summed E-state index contributed by atoms with van der Waals surface area (Å²) in [6.07, 6.45) is 1.49. The van der Waals surface area contributed by atoms with Gasteiger partial charge in [0.2, 0.25) is 0 Å². The maximum absolute atomic E-state index is 12.3. The molecule has 0 saturated heterocycles. The zero-order valence-electron chi connectivity index (χ0n) is 12.1. The summed E-state index contributed by atoms with van der Waals surface area (Å²) in [5, 5.41) is 12.7. The average molecular weight is 265 g/mol. The Hall–Kier alpha value is -1.55. The van der Waals surface area contributed by atoms with Gasteiger partial charge in [-0.3, -0.25) is 5.32 Å². The maximum Gasteiger partial charge on any atom is 0.330 e. The molecule has 2 N–H and O–H groups in total. The zero-order valence-corrected chi connectivity index (χ0v) is 12.1. The van der Waals surface area contributed by atoms with Crippen LogP contribution in [0, 0.1) is 0 Å². The van der Waals surface area contributed by atoms with Crippen molar-refractivity contribution in [2.24, 2.45) is 0 Å². The van der Waals surface area contributed by atoms with Crippen LogP contribution in [0.1, 0.15) is 39.2 Å². The molecule has 1 rings (SSSR count). The monoisotopic (exact) mass is 265 g/mol. The first-order valence-corrected chi connectivity index (χ1v) is 6.65. The number of ether oxygens (including phenoxy) is 1. The second-order valence-corrected chi connectivity index (χ2v) is 4.75. The molecule has 0 aliphatic heterocycles. The first-order valence-electron chi connectivity index (χ1n) is 6.65. The molecule has 0 aliphatic carbocycles. The Morgan fingerprint density at radius 3 is 2.37 bits per heavy atom. The second kappa shape index (κ2) is 6.57. The first kappa shape index (κ1) is 15.5. The molecule has 1 aromatic rings. The van der Waals surface area contributed by atoms with Gasteiger partial charge in [0.25, 0.3) is 0 Å². The minimum absolute atomic E-state index is 0.183. The quantitative estimate of drug-likeness (QED) is 0.776. The number of phenolic OH excluding ortho intramolecular Hbond substituents is 1. The van der Waals surface area contributed by atoms with Crippen LogP contribution in [0.4, 0.5) is 0 Å². The summed E-state index contributed by atoms with van der Waals surface area (Å²) in [5.41, 5.74) is -0.0577. The molecule has 0 saturated carbocycles. The molecule has 0 bridgehead atoms. The number of hydrogen-bond donors (Lipinski definition) is 2. The lowest BCUT2D eigenvalue weighted by Gasteiger charge is -2.34. The van der Waals surface area contributed by atoms with Crippen molar-refractivity contribution in [1.29, 1.82) is 0 Å². The van der Waals surface area contributed by atoms with E-state index in [1.165, 1.54) is 7.11 Å². The number of carbonyl (C=O) groups is 1. The fourth-order valence-corrected chi connectivity index (χ4v) is 2.15. The predicted molar refractivity (Wildman–Crippen MR) is 75.0 cm³/mol. The van der Waals surface area contributed by atoms with Gasteiger partial charge in [0.05, 0.1) is 7.11 Å². The van der Waals surface area contributed by atoms with Crippen LogP contribution >= 0.6 is 0 Å². The first-order chi connectivity index (χ1) is 9.00. The van der Waals surface area contributed by atoms with Gasteiger partial charge in [-0.2, -0.15) is 0 Å². The van der Waals surface area contributed by atoms with Crippen molar-refractivity contribution in [2.75, 3.05) is 7.11 Å². The number of esters is 1. The van der Waals surface area contributed by atoms with E-state index in [4.69, 9.17) is 4.74 Å². The molecule has 0 aromatic heterocycles. The van der Waals surface area contributed by atoms with Gasteiger partial charge in [0, 0.05) is 6.04 Å². The van der Waals surface area contributed by atoms with E-state index in [-0.39, 0.29) is 17.8 Å². The van der Waals surface area contributed by atoms with E-state index < -0.39 is 5.54 Å². The molecule has 19 heavy (non-hydrogen) atoms. The minimum atomic E-state index is -0.863. The fraction of sp³-hybridized carbons (Fsp3) is 0.533. The highest BCUT2D eigenvalue weighted by Gasteiger charge is 2.40. The van der Waals surface area contributed by atoms with Crippen LogP contribution in [0.3, 0.4) is 0 Å². The van der Waals surface area contributed by atoms with Gasteiger partial charge in [-0.15, -0.1) is 0 Å². The number of aromatic hydroxyl groups is 1. The van der Waals surface area contributed by atoms with E-state index in [0.29, 0.717) is 6.42 Å². The van der Waals surface area contributed by atoms with E-state index in [2.05, 4.69) is 12.2 Å². The van der Waals surface area contributed by atoms with E-state index in [1.807, 2.05) is 13.8 Å². The Balaban J connectivity index is 3.23. The van der Waals surface area contributed by atoms with Gasteiger partial charge in [-0.1, -0.05) is 26.0 Å². The summed E-state index contributed by atoms with van der Waals surface area (Å²) >= 11 is 0. The van der Waals surface area contributed by atoms with Gasteiger partial charge in [-0.05, 0) is 37.5 Å². The Labute approximate surface area is 114 Å². The third kappa shape index (κ3) is 3.26. The highest BCUT2D eigenvalue weighted by atomic mass is 16.5. The van der Waals surface area contributed by atoms with Crippen molar-refractivity contribution in [3.05, 3.63) is 29.8 Å². The third-order valence-electron chi connectivity index (χ3n) is 3.53. The van der Waals surface area contributed by atoms with Crippen LogP contribution in [0.25, 0.3) is 0 Å². The molecule has 0 amide bonds. The molecule has 0 aliphatic rings. The molecular weight excluding hydrogens is 242 g/mol. The lowest BCUT2D eigenvalue weighted by Crippen LogP contribution is -2.52. The lowest BCUT2D eigenvalue weighted by molar-refractivity contribution is -0.149. The highest BCUT2D eigenvalue weighted by molar-refractivity contribution is 5.82. The van der Waals surface area contributed by atoms with E-state index in [9.17, 15) is 9.90 Å². The van der Waals surface area contributed by atoms with Crippen LogP contribution in [0.2, 0.25) is 0 Å². The van der Waals surface area contributed by atoms with Crippen molar-refractivity contribution in [3.8, 4) is 5.75 Å². The second-order valence-electron chi connectivity index (χ2n) is 4.75. The molecular formula is C15H23NO3. The van der Waals surface area contributed by atoms with Crippen LogP contribution in [-0.2, 0) is 15.1 Å². The molecule has 4 heteroatoms. The minimum Gasteiger partial charge on any atom is -0.508 e. The summed E-state index contributed by atoms with van der Waals surface area (Å²) < 4.78 is 4.97. The highest BCUT2D eigenvalue weighted by Crippen LogP contribution is 2.29. The smallest absolute Gasteiger partial charge is 0.330 e. The lowest BCUT2D eigenvalue weighted by atomic mass is 9.86. The van der Waals surface area contributed by atoms with Crippen molar-refractivity contribution >= 4 is 5.97 Å². The van der Waals surface area contributed by atoms with Gasteiger partial charge >= 0.3 is 5.97 Å². The number of nitrogens with one attached hydrogen (secondary N) is 1.